The number of rotatable bonds is 6. The van der Waals surface area contributed by atoms with E-state index in [9.17, 15) is 9.59 Å². The summed E-state index contributed by atoms with van der Waals surface area (Å²) in [5.74, 6) is 0.570. The van der Waals surface area contributed by atoms with Crippen LogP contribution in [-0.4, -0.2) is 50.2 Å². The zero-order chi connectivity index (χ0) is 17.5. The van der Waals surface area contributed by atoms with Crippen LogP contribution in [0.5, 0.6) is 11.5 Å². The van der Waals surface area contributed by atoms with Crippen LogP contribution in [0.25, 0.3) is 0 Å². The number of nitrogens with zero attached hydrogens (tertiary/aromatic N) is 1. The Morgan fingerprint density at radius 3 is 2.67 bits per heavy atom. The Morgan fingerprint density at radius 1 is 1.21 bits per heavy atom. The van der Waals surface area contributed by atoms with Crippen LogP contribution in [-0.2, 0) is 9.53 Å². The second kappa shape index (κ2) is 8.57. The van der Waals surface area contributed by atoms with Gasteiger partial charge in [0, 0.05) is 18.7 Å². The van der Waals surface area contributed by atoms with E-state index < -0.39 is 0 Å². The van der Waals surface area contributed by atoms with Crippen molar-refractivity contribution in [2.45, 2.75) is 26.7 Å². The summed E-state index contributed by atoms with van der Waals surface area (Å²) in [5.41, 5.74) is 0.531. The molecule has 2 rings (SSSR count). The number of ether oxygens (including phenoxy) is 3. The van der Waals surface area contributed by atoms with E-state index in [1.54, 1.807) is 37.1 Å². The van der Waals surface area contributed by atoms with Gasteiger partial charge in [-0.25, -0.2) is 0 Å². The van der Waals surface area contributed by atoms with Crippen LogP contribution < -0.4 is 9.47 Å². The molecule has 1 aromatic rings. The normalized spacial score (nSPS) is 17.3. The molecule has 24 heavy (non-hydrogen) atoms. The van der Waals surface area contributed by atoms with Crippen molar-refractivity contribution in [1.82, 2.24) is 4.90 Å². The Hall–Kier alpha value is -2.24. The smallest absolute Gasteiger partial charge is 0.310 e. The molecule has 0 radical (unpaired) electrons. The van der Waals surface area contributed by atoms with Gasteiger partial charge in [0.15, 0.2) is 11.5 Å². The van der Waals surface area contributed by atoms with Crippen LogP contribution in [0, 0.1) is 5.92 Å². The molecule has 0 aromatic heterocycles. The number of likely N-dealkylation sites (tertiary alicyclic amines) is 1. The Balaban J connectivity index is 2.13. The van der Waals surface area contributed by atoms with Gasteiger partial charge in [-0.15, -0.1) is 0 Å². The standard InChI is InChI=1S/C18H25NO5/c1-4-23-16-11-13(8-9-15(16)22-3)17(20)19-10-6-7-14(12-19)18(21)24-5-2/h8-9,11,14H,4-7,10,12H2,1-3H3/t14-/m1/s1. The van der Waals surface area contributed by atoms with Crippen molar-refractivity contribution < 1.29 is 23.8 Å². The molecule has 6 heteroatoms. The maximum atomic E-state index is 12.8. The average Bonchev–Trinajstić information content (AvgIpc) is 2.61. The highest BCUT2D eigenvalue weighted by molar-refractivity contribution is 5.95. The van der Waals surface area contributed by atoms with E-state index in [2.05, 4.69) is 0 Å². The van der Waals surface area contributed by atoms with E-state index in [1.165, 1.54) is 0 Å². The summed E-state index contributed by atoms with van der Waals surface area (Å²) in [6.07, 6.45) is 1.55. The van der Waals surface area contributed by atoms with Crippen molar-refractivity contribution in [1.29, 1.82) is 0 Å². The zero-order valence-corrected chi connectivity index (χ0v) is 14.5. The third kappa shape index (κ3) is 4.19. The van der Waals surface area contributed by atoms with Crippen LogP contribution in [0.4, 0.5) is 0 Å². The summed E-state index contributed by atoms with van der Waals surface area (Å²) in [6, 6.07) is 5.14. The van der Waals surface area contributed by atoms with Gasteiger partial charge in [-0.05, 0) is 44.9 Å². The second-order valence-corrected chi connectivity index (χ2v) is 5.64. The first-order valence-electron chi connectivity index (χ1n) is 8.37. The van der Waals surface area contributed by atoms with Crippen molar-refractivity contribution in [3.63, 3.8) is 0 Å². The first-order chi connectivity index (χ1) is 11.6. The molecule has 1 aliphatic rings. The predicted octanol–water partition coefficient (Wildman–Crippen LogP) is 2.51. The number of hydrogen-bond donors (Lipinski definition) is 0. The van der Waals surface area contributed by atoms with Crippen LogP contribution in [0.1, 0.15) is 37.0 Å². The van der Waals surface area contributed by atoms with Crippen molar-refractivity contribution >= 4 is 11.9 Å². The lowest BCUT2D eigenvalue weighted by molar-refractivity contribution is -0.149. The highest BCUT2D eigenvalue weighted by Gasteiger charge is 2.30. The molecule has 1 aliphatic heterocycles. The van der Waals surface area contributed by atoms with Crippen molar-refractivity contribution in [3.05, 3.63) is 23.8 Å². The molecule has 1 amide bonds. The molecule has 1 fully saturated rings. The van der Waals surface area contributed by atoms with E-state index in [0.29, 0.717) is 43.4 Å². The molecule has 0 aliphatic carbocycles. The largest absolute Gasteiger partial charge is 0.493 e. The van der Waals surface area contributed by atoms with Gasteiger partial charge >= 0.3 is 5.97 Å². The fourth-order valence-electron chi connectivity index (χ4n) is 2.87. The Labute approximate surface area is 142 Å². The third-order valence-corrected chi connectivity index (χ3v) is 4.04. The highest BCUT2D eigenvalue weighted by atomic mass is 16.5. The van der Waals surface area contributed by atoms with Gasteiger partial charge in [0.2, 0.25) is 0 Å². The number of carbonyl (C=O) groups is 2. The minimum atomic E-state index is -0.243. The molecule has 1 atom stereocenters. The zero-order valence-electron chi connectivity index (χ0n) is 14.5. The molecule has 132 valence electrons. The molecule has 0 N–H and O–H groups in total. The van der Waals surface area contributed by atoms with E-state index >= 15 is 0 Å². The molecular weight excluding hydrogens is 310 g/mol. The van der Waals surface area contributed by atoms with E-state index in [0.717, 1.165) is 12.8 Å². The summed E-state index contributed by atoms with van der Waals surface area (Å²) >= 11 is 0. The summed E-state index contributed by atoms with van der Waals surface area (Å²) in [6.45, 7) is 5.55. The fraction of sp³-hybridized carbons (Fsp3) is 0.556. The molecule has 1 saturated heterocycles. The van der Waals surface area contributed by atoms with Crippen LogP contribution >= 0.6 is 0 Å². The number of benzene rings is 1. The van der Waals surface area contributed by atoms with E-state index in [1.807, 2.05) is 6.92 Å². The summed E-state index contributed by atoms with van der Waals surface area (Å²) in [4.78, 5) is 26.4. The Bertz CT molecular complexity index is 587. The van der Waals surface area contributed by atoms with Crippen molar-refractivity contribution in [2.24, 2.45) is 5.92 Å². The lowest BCUT2D eigenvalue weighted by Gasteiger charge is -2.31. The molecule has 0 bridgehead atoms. The predicted molar refractivity (Wildman–Crippen MR) is 89.4 cm³/mol. The van der Waals surface area contributed by atoms with Crippen LogP contribution in [0.3, 0.4) is 0 Å². The number of hydrogen-bond acceptors (Lipinski definition) is 5. The second-order valence-electron chi connectivity index (χ2n) is 5.64. The number of amides is 1. The third-order valence-electron chi connectivity index (χ3n) is 4.04. The van der Waals surface area contributed by atoms with E-state index in [4.69, 9.17) is 14.2 Å². The van der Waals surface area contributed by atoms with Gasteiger partial charge in [-0.3, -0.25) is 9.59 Å². The summed E-state index contributed by atoms with van der Waals surface area (Å²) in [5, 5.41) is 0. The number of methoxy groups -OCH3 is 1. The first-order valence-corrected chi connectivity index (χ1v) is 8.37. The monoisotopic (exact) mass is 335 g/mol. The molecule has 0 spiro atoms. The minimum absolute atomic E-state index is 0.104. The lowest BCUT2D eigenvalue weighted by Crippen LogP contribution is -2.42. The van der Waals surface area contributed by atoms with Crippen molar-refractivity contribution in [2.75, 3.05) is 33.4 Å². The van der Waals surface area contributed by atoms with Gasteiger partial charge in [-0.1, -0.05) is 0 Å². The molecule has 0 saturated carbocycles. The number of esters is 1. The molecule has 0 unspecified atom stereocenters. The molecule has 6 nitrogen and oxygen atoms in total. The first kappa shape index (κ1) is 18.1. The minimum Gasteiger partial charge on any atom is -0.493 e. The molecular formula is C18H25NO5. The SMILES string of the molecule is CCOC(=O)[C@@H]1CCCN(C(=O)c2ccc(OC)c(OCC)c2)C1. The van der Waals surface area contributed by atoms with Gasteiger partial charge in [0.25, 0.3) is 5.91 Å². The van der Waals surface area contributed by atoms with Crippen molar-refractivity contribution in [3.8, 4) is 11.5 Å². The summed E-state index contributed by atoms with van der Waals surface area (Å²) in [7, 11) is 1.56. The van der Waals surface area contributed by atoms with Crippen LogP contribution in [0.2, 0.25) is 0 Å². The maximum absolute atomic E-state index is 12.8. The Morgan fingerprint density at radius 2 is 2.00 bits per heavy atom. The lowest BCUT2D eigenvalue weighted by atomic mass is 9.97. The fourth-order valence-corrected chi connectivity index (χ4v) is 2.87. The number of piperidine rings is 1. The van der Waals surface area contributed by atoms with Gasteiger partial charge < -0.3 is 19.1 Å². The summed E-state index contributed by atoms with van der Waals surface area (Å²) < 4.78 is 15.9. The maximum Gasteiger partial charge on any atom is 0.310 e. The topological polar surface area (TPSA) is 65.1 Å². The Kier molecular flexibility index (Phi) is 6.46. The highest BCUT2D eigenvalue weighted by Crippen LogP contribution is 2.29. The van der Waals surface area contributed by atoms with Gasteiger partial charge in [0.1, 0.15) is 0 Å². The van der Waals surface area contributed by atoms with Crippen LogP contribution in [0.15, 0.2) is 18.2 Å². The van der Waals surface area contributed by atoms with Gasteiger partial charge in [-0.2, -0.15) is 0 Å². The number of carbonyl (C=O) groups excluding carboxylic acids is 2. The van der Waals surface area contributed by atoms with E-state index in [-0.39, 0.29) is 17.8 Å². The molecule has 1 heterocycles. The quantitative estimate of drug-likeness (QED) is 0.748. The molecule has 1 aromatic carbocycles. The van der Waals surface area contributed by atoms with Gasteiger partial charge in [0.05, 0.1) is 26.2 Å². The average molecular weight is 335 g/mol.